The molecule has 0 aromatic carbocycles. The normalized spacial score (nSPS) is 22.0. The highest BCUT2D eigenvalue weighted by Gasteiger charge is 2.48. The summed E-state index contributed by atoms with van der Waals surface area (Å²) in [6.45, 7) is 9.55. The lowest BCUT2D eigenvalue weighted by atomic mass is 9.83. The van der Waals surface area contributed by atoms with Crippen molar-refractivity contribution in [1.29, 1.82) is 0 Å². The van der Waals surface area contributed by atoms with Crippen LogP contribution in [0.3, 0.4) is 0 Å². The Bertz CT molecular complexity index is 899. The van der Waals surface area contributed by atoms with E-state index in [0.29, 0.717) is 19.3 Å². The Morgan fingerprint density at radius 3 is 2.24 bits per heavy atom. The van der Waals surface area contributed by atoms with Crippen molar-refractivity contribution in [2.24, 2.45) is 23.0 Å². The van der Waals surface area contributed by atoms with E-state index >= 15 is 0 Å². The molecule has 0 spiro atoms. The highest BCUT2D eigenvalue weighted by atomic mass is 16.2. The third kappa shape index (κ3) is 7.99. The number of Topliss-reactive ketones (excluding diaryl/α,β-unsaturated/α-hetero) is 1. The van der Waals surface area contributed by atoms with Gasteiger partial charge in [0.05, 0.1) is 6.54 Å². The standard InChI is InChI=1S/C26H44N6O6/c1-6-15(2)17-10-12-32(24(37)21(26(3,4)5)31-25(38)28-11-13-33)19(17)23(36)30-18(20(34)22(27)35)14-29-16-8-7-9-16/h13,15-19,21,29H,6-12,14H2,1-5H3,(H2,27,35)(H,30,36)(H2,28,31,38)/t15?,17-,18?,19?,21?/m1/s1. The molecule has 0 aromatic rings. The molecule has 12 nitrogen and oxygen atoms in total. The second-order valence-corrected chi connectivity index (χ2v) is 11.5. The fourth-order valence-electron chi connectivity index (χ4n) is 4.96. The molecule has 12 heteroatoms. The highest BCUT2D eigenvalue weighted by molar-refractivity contribution is 6.38. The van der Waals surface area contributed by atoms with Crippen LogP contribution in [0, 0.1) is 17.3 Å². The molecular formula is C26H44N6O6. The van der Waals surface area contributed by atoms with E-state index in [1.807, 2.05) is 13.8 Å². The van der Waals surface area contributed by atoms with Crippen molar-refractivity contribution in [3.05, 3.63) is 0 Å². The zero-order valence-electron chi connectivity index (χ0n) is 23.2. The van der Waals surface area contributed by atoms with Crippen molar-refractivity contribution < 1.29 is 28.8 Å². The number of aldehydes is 1. The van der Waals surface area contributed by atoms with Crippen LogP contribution in [0.4, 0.5) is 4.79 Å². The number of primary amides is 1. The maximum absolute atomic E-state index is 13.8. The summed E-state index contributed by atoms with van der Waals surface area (Å²) in [7, 11) is 0. The number of rotatable bonds is 13. The quantitative estimate of drug-likeness (QED) is 0.160. The number of carbonyl (C=O) groups excluding carboxylic acids is 6. The van der Waals surface area contributed by atoms with E-state index in [4.69, 9.17) is 5.73 Å². The van der Waals surface area contributed by atoms with Crippen LogP contribution in [0.15, 0.2) is 0 Å². The molecule has 6 N–H and O–H groups in total. The predicted octanol–water partition coefficient (Wildman–Crippen LogP) is -0.156. The zero-order chi connectivity index (χ0) is 28.6. The number of hydrogen-bond donors (Lipinski definition) is 5. The Morgan fingerprint density at radius 1 is 1.08 bits per heavy atom. The zero-order valence-corrected chi connectivity index (χ0v) is 23.2. The molecule has 1 heterocycles. The van der Waals surface area contributed by atoms with Crippen molar-refractivity contribution >= 4 is 35.8 Å². The van der Waals surface area contributed by atoms with Crippen molar-refractivity contribution in [2.45, 2.75) is 90.9 Å². The lowest BCUT2D eigenvalue weighted by Gasteiger charge is -2.37. The van der Waals surface area contributed by atoms with Gasteiger partial charge < -0.3 is 36.7 Å². The van der Waals surface area contributed by atoms with Gasteiger partial charge in [-0.1, -0.05) is 47.5 Å². The SMILES string of the molecule is CCC(C)[C@H]1CCN(C(=O)C(NC(=O)NCC=O)C(C)(C)C)C1C(=O)NC(CNC1CCC1)C(=O)C(N)=O. The molecule has 2 aliphatic rings. The van der Waals surface area contributed by atoms with Crippen molar-refractivity contribution in [3.63, 3.8) is 0 Å². The number of carbonyl (C=O) groups is 6. The van der Waals surface area contributed by atoms with Crippen LogP contribution in [-0.4, -0.2) is 84.5 Å². The Morgan fingerprint density at radius 2 is 1.74 bits per heavy atom. The number of hydrogen-bond acceptors (Lipinski definition) is 7. The summed E-state index contributed by atoms with van der Waals surface area (Å²) in [6.07, 6.45) is 4.86. The van der Waals surface area contributed by atoms with Gasteiger partial charge in [0.1, 0.15) is 24.4 Å². The Kier molecular flexibility index (Phi) is 11.2. The summed E-state index contributed by atoms with van der Waals surface area (Å²) in [5.74, 6) is -3.09. The first-order valence-corrected chi connectivity index (χ1v) is 13.5. The van der Waals surface area contributed by atoms with E-state index in [2.05, 4.69) is 21.3 Å². The van der Waals surface area contributed by atoms with Crippen LogP contribution < -0.4 is 27.0 Å². The van der Waals surface area contributed by atoms with Gasteiger partial charge in [-0.25, -0.2) is 4.79 Å². The number of nitrogens with zero attached hydrogens (tertiary/aromatic N) is 1. The minimum absolute atomic E-state index is 0.0654. The Balaban J connectivity index is 2.31. The number of amides is 5. The second-order valence-electron chi connectivity index (χ2n) is 11.5. The molecule has 0 radical (unpaired) electrons. The van der Waals surface area contributed by atoms with E-state index in [-0.39, 0.29) is 31.0 Å². The molecule has 1 aliphatic heterocycles. The Hall–Kier alpha value is -3.02. The lowest BCUT2D eigenvalue weighted by molar-refractivity contribution is -0.144. The van der Waals surface area contributed by atoms with Gasteiger partial charge in [0.15, 0.2) is 0 Å². The molecular weight excluding hydrogens is 492 g/mol. The van der Waals surface area contributed by atoms with Crippen LogP contribution in [0.5, 0.6) is 0 Å². The van der Waals surface area contributed by atoms with Crippen LogP contribution in [0.25, 0.3) is 0 Å². The Labute approximate surface area is 224 Å². The molecule has 1 saturated carbocycles. The maximum atomic E-state index is 13.8. The third-order valence-corrected chi connectivity index (χ3v) is 7.70. The molecule has 5 amide bonds. The van der Waals surface area contributed by atoms with Crippen molar-refractivity contribution in [2.75, 3.05) is 19.6 Å². The van der Waals surface area contributed by atoms with E-state index in [1.54, 1.807) is 20.8 Å². The van der Waals surface area contributed by atoms with Crippen LogP contribution in [0.1, 0.15) is 66.7 Å². The summed E-state index contributed by atoms with van der Waals surface area (Å²) >= 11 is 0. The van der Waals surface area contributed by atoms with Gasteiger partial charge >= 0.3 is 6.03 Å². The van der Waals surface area contributed by atoms with Crippen LogP contribution >= 0.6 is 0 Å². The first-order chi connectivity index (χ1) is 17.8. The van der Waals surface area contributed by atoms with E-state index in [1.165, 1.54) is 4.90 Å². The molecule has 0 bridgehead atoms. The number of urea groups is 1. The summed E-state index contributed by atoms with van der Waals surface area (Å²) in [6, 6.07) is -3.48. The molecule has 2 rings (SSSR count). The largest absolute Gasteiger partial charge is 0.363 e. The minimum atomic E-state index is -1.15. The highest BCUT2D eigenvalue weighted by Crippen LogP contribution is 2.34. The van der Waals surface area contributed by atoms with Gasteiger partial charge in [-0.15, -0.1) is 0 Å². The average molecular weight is 537 g/mol. The molecule has 4 unspecified atom stereocenters. The summed E-state index contributed by atoms with van der Waals surface area (Å²) < 4.78 is 0. The monoisotopic (exact) mass is 536 g/mol. The van der Waals surface area contributed by atoms with Gasteiger partial charge in [0.25, 0.3) is 5.91 Å². The number of likely N-dealkylation sites (tertiary alicyclic amines) is 1. The first-order valence-electron chi connectivity index (χ1n) is 13.5. The summed E-state index contributed by atoms with van der Waals surface area (Å²) in [5, 5.41) is 10.9. The van der Waals surface area contributed by atoms with Gasteiger partial charge in [-0.05, 0) is 36.5 Å². The van der Waals surface area contributed by atoms with E-state index in [9.17, 15) is 28.8 Å². The van der Waals surface area contributed by atoms with Gasteiger partial charge in [-0.3, -0.25) is 19.2 Å². The molecule has 1 saturated heterocycles. The molecule has 2 fully saturated rings. The minimum Gasteiger partial charge on any atom is -0.363 e. The molecule has 0 aromatic heterocycles. The van der Waals surface area contributed by atoms with Crippen molar-refractivity contribution in [1.82, 2.24) is 26.2 Å². The fraction of sp³-hybridized carbons (Fsp3) is 0.769. The fourth-order valence-corrected chi connectivity index (χ4v) is 4.96. The second kappa shape index (κ2) is 13.7. The van der Waals surface area contributed by atoms with E-state index < -0.39 is 53.1 Å². The lowest BCUT2D eigenvalue weighted by Crippen LogP contribution is -2.62. The first kappa shape index (κ1) is 31.2. The molecule has 1 aliphatic carbocycles. The molecule has 38 heavy (non-hydrogen) atoms. The van der Waals surface area contributed by atoms with Gasteiger partial charge in [0.2, 0.25) is 17.6 Å². The van der Waals surface area contributed by atoms with Crippen LogP contribution in [0.2, 0.25) is 0 Å². The smallest absolute Gasteiger partial charge is 0.315 e. The summed E-state index contributed by atoms with van der Waals surface area (Å²) in [5.41, 5.74) is 4.55. The molecule has 5 atom stereocenters. The number of nitrogens with two attached hydrogens (primary N) is 1. The van der Waals surface area contributed by atoms with E-state index in [0.717, 1.165) is 25.7 Å². The van der Waals surface area contributed by atoms with Crippen LogP contribution in [-0.2, 0) is 24.0 Å². The number of ketones is 1. The average Bonchev–Trinajstić information content (AvgIpc) is 3.27. The predicted molar refractivity (Wildman–Crippen MR) is 141 cm³/mol. The van der Waals surface area contributed by atoms with Gasteiger partial charge in [-0.2, -0.15) is 0 Å². The maximum Gasteiger partial charge on any atom is 0.315 e. The topological polar surface area (TPSA) is 180 Å². The molecule has 214 valence electrons. The van der Waals surface area contributed by atoms with Crippen molar-refractivity contribution in [3.8, 4) is 0 Å². The third-order valence-electron chi connectivity index (χ3n) is 7.70. The van der Waals surface area contributed by atoms with Gasteiger partial charge in [0, 0.05) is 19.1 Å². The summed E-state index contributed by atoms with van der Waals surface area (Å²) in [4.78, 5) is 76.3. The number of nitrogens with one attached hydrogen (secondary N) is 4.